The predicted octanol–water partition coefficient (Wildman–Crippen LogP) is 13.7. The Balaban J connectivity index is 1.33. The number of aromatic nitrogens is 4. The average Bonchev–Trinajstić information content (AvgIpc) is 3.66. The van der Waals surface area contributed by atoms with Crippen LogP contribution in [0.2, 0.25) is 0 Å². The number of nitrogens with zero attached hydrogens (tertiary/aromatic N) is 6. The van der Waals surface area contributed by atoms with Gasteiger partial charge < -0.3 is 4.57 Å². The van der Waals surface area contributed by atoms with Crippen molar-refractivity contribution in [1.82, 2.24) is 19.5 Å². The molecule has 0 atom stereocenters. The number of hydrogen-bond donors (Lipinski definition) is 0. The van der Waals surface area contributed by atoms with Gasteiger partial charge in [0.15, 0.2) is 17.5 Å². The molecular formula is C54H31F3N6. The van der Waals surface area contributed by atoms with E-state index in [0.717, 1.165) is 67.3 Å². The van der Waals surface area contributed by atoms with Crippen LogP contribution in [0.25, 0.3) is 95.0 Å². The lowest BCUT2D eigenvalue weighted by atomic mass is 9.98. The molecule has 10 aromatic rings. The van der Waals surface area contributed by atoms with Gasteiger partial charge in [-0.05, 0) is 81.9 Å². The Morgan fingerprint density at radius 3 is 1.38 bits per heavy atom. The Morgan fingerprint density at radius 1 is 0.397 bits per heavy atom. The van der Waals surface area contributed by atoms with Crippen molar-refractivity contribution in [2.45, 2.75) is 6.18 Å². The highest BCUT2D eigenvalue weighted by molar-refractivity contribution is 6.12. The van der Waals surface area contributed by atoms with Crippen LogP contribution < -0.4 is 0 Å². The second kappa shape index (κ2) is 15.7. The zero-order valence-electron chi connectivity index (χ0n) is 33.2. The molecule has 0 radical (unpaired) electrons. The summed E-state index contributed by atoms with van der Waals surface area (Å²) in [5.74, 6) is 1.24. The summed E-state index contributed by atoms with van der Waals surface area (Å²) < 4.78 is 44.6. The largest absolute Gasteiger partial charge is 0.416 e. The fraction of sp³-hybridized carbons (Fsp3) is 0.0185. The molecule has 2 heterocycles. The molecule has 0 amide bonds. The standard InChI is InChI=1S/C54H31F3N6/c55-54(56,57)42-19-11-18-36(28-42)37-22-27-47(53-61-51(34-12-3-1-4-13-34)60-52(62-53)35-14-5-2-6-15-35)50(29-37)63-48-30-38(43-20-9-7-16-40(43)32-58)23-25-45(48)46-26-24-39(31-49(46)63)44-21-10-8-17-41(44)33-59/h1-31H. The summed E-state index contributed by atoms with van der Waals surface area (Å²) in [7, 11) is 0. The van der Waals surface area contributed by atoms with Gasteiger partial charge in [0.05, 0.1) is 45.5 Å². The van der Waals surface area contributed by atoms with Crippen LogP contribution in [0.15, 0.2) is 188 Å². The van der Waals surface area contributed by atoms with Crippen molar-refractivity contribution in [2.24, 2.45) is 0 Å². The number of alkyl halides is 3. The number of halogens is 3. The first-order valence-electron chi connectivity index (χ1n) is 20.0. The summed E-state index contributed by atoms with van der Waals surface area (Å²) in [6.07, 6.45) is -4.55. The number of hydrogen-bond acceptors (Lipinski definition) is 5. The van der Waals surface area contributed by atoms with Crippen molar-refractivity contribution in [3.05, 3.63) is 205 Å². The molecule has 2 aromatic heterocycles. The third-order valence-electron chi connectivity index (χ3n) is 11.2. The maximum absolute atomic E-state index is 14.2. The van der Waals surface area contributed by atoms with E-state index >= 15 is 0 Å². The van der Waals surface area contributed by atoms with Gasteiger partial charge in [0.1, 0.15) is 0 Å². The van der Waals surface area contributed by atoms with Gasteiger partial charge in [-0.25, -0.2) is 15.0 Å². The molecule has 0 spiro atoms. The van der Waals surface area contributed by atoms with Crippen molar-refractivity contribution < 1.29 is 13.2 Å². The number of nitriles is 2. The Bertz CT molecular complexity index is 3300. The second-order valence-corrected chi connectivity index (χ2v) is 15.0. The summed E-state index contributed by atoms with van der Waals surface area (Å²) in [6.45, 7) is 0. The van der Waals surface area contributed by atoms with Crippen LogP contribution >= 0.6 is 0 Å². The fourth-order valence-electron chi connectivity index (χ4n) is 8.17. The highest BCUT2D eigenvalue weighted by Crippen LogP contribution is 2.42. The zero-order chi connectivity index (χ0) is 43.1. The van der Waals surface area contributed by atoms with Crippen LogP contribution in [-0.2, 0) is 6.18 Å². The Kier molecular flexibility index (Phi) is 9.63. The third kappa shape index (κ3) is 7.14. The van der Waals surface area contributed by atoms with E-state index in [1.165, 1.54) is 6.07 Å². The minimum absolute atomic E-state index is 0.347. The van der Waals surface area contributed by atoms with Crippen LogP contribution in [0, 0.1) is 22.7 Å². The quantitative estimate of drug-likeness (QED) is 0.160. The molecule has 9 heteroatoms. The molecule has 0 N–H and O–H groups in total. The van der Waals surface area contributed by atoms with Crippen LogP contribution in [0.5, 0.6) is 0 Å². The second-order valence-electron chi connectivity index (χ2n) is 15.0. The maximum atomic E-state index is 14.2. The monoisotopic (exact) mass is 820 g/mol. The van der Waals surface area contributed by atoms with E-state index in [0.29, 0.717) is 51.0 Å². The summed E-state index contributed by atoms with van der Waals surface area (Å²) in [5.41, 5.74) is 8.52. The SMILES string of the molecule is N#Cc1ccccc1-c1ccc2c3ccc(-c4ccccc4C#N)cc3n(-c3cc(-c4cccc(C(F)(F)F)c4)ccc3-c3nc(-c4ccccc4)nc(-c4ccccc4)n3)c2c1. The van der Waals surface area contributed by atoms with Gasteiger partial charge in [-0.15, -0.1) is 0 Å². The van der Waals surface area contributed by atoms with Crippen molar-refractivity contribution in [3.63, 3.8) is 0 Å². The molecule has 10 rings (SSSR count). The van der Waals surface area contributed by atoms with E-state index in [-0.39, 0.29) is 0 Å². The fourth-order valence-corrected chi connectivity index (χ4v) is 8.17. The van der Waals surface area contributed by atoms with Gasteiger partial charge in [0.25, 0.3) is 0 Å². The highest BCUT2D eigenvalue weighted by atomic mass is 19.4. The molecule has 0 aliphatic carbocycles. The first-order valence-corrected chi connectivity index (χ1v) is 20.0. The Morgan fingerprint density at radius 2 is 0.857 bits per heavy atom. The molecule has 63 heavy (non-hydrogen) atoms. The lowest BCUT2D eigenvalue weighted by molar-refractivity contribution is -0.137. The first-order chi connectivity index (χ1) is 30.8. The van der Waals surface area contributed by atoms with Gasteiger partial charge >= 0.3 is 6.18 Å². The lowest BCUT2D eigenvalue weighted by Gasteiger charge is -2.17. The molecule has 0 saturated carbocycles. The normalized spacial score (nSPS) is 11.4. The topological polar surface area (TPSA) is 91.2 Å². The molecule has 0 saturated heterocycles. The van der Waals surface area contributed by atoms with Crippen molar-refractivity contribution in [3.8, 4) is 85.4 Å². The molecule has 298 valence electrons. The molecule has 0 bridgehead atoms. The molecule has 0 aliphatic rings. The summed E-state index contributed by atoms with van der Waals surface area (Å²) >= 11 is 0. The van der Waals surface area contributed by atoms with Gasteiger partial charge in [-0.2, -0.15) is 23.7 Å². The smallest absolute Gasteiger partial charge is 0.308 e. The Labute approximate surface area is 360 Å². The van der Waals surface area contributed by atoms with Gasteiger partial charge in [0, 0.05) is 27.5 Å². The minimum atomic E-state index is -4.55. The van der Waals surface area contributed by atoms with Crippen molar-refractivity contribution >= 4 is 21.8 Å². The highest BCUT2D eigenvalue weighted by Gasteiger charge is 2.31. The van der Waals surface area contributed by atoms with Crippen molar-refractivity contribution in [2.75, 3.05) is 0 Å². The molecular weight excluding hydrogens is 790 g/mol. The van der Waals surface area contributed by atoms with Crippen LogP contribution in [0.1, 0.15) is 16.7 Å². The number of benzene rings is 8. The van der Waals surface area contributed by atoms with Gasteiger partial charge in [0.2, 0.25) is 0 Å². The summed E-state index contributed by atoms with van der Waals surface area (Å²) in [5, 5.41) is 22.1. The van der Waals surface area contributed by atoms with E-state index in [9.17, 15) is 23.7 Å². The molecule has 0 fully saturated rings. The van der Waals surface area contributed by atoms with Gasteiger partial charge in [-0.1, -0.05) is 140 Å². The number of rotatable bonds is 7. The predicted molar refractivity (Wildman–Crippen MR) is 241 cm³/mol. The van der Waals surface area contributed by atoms with E-state index in [2.05, 4.69) is 16.7 Å². The van der Waals surface area contributed by atoms with E-state index in [1.807, 2.05) is 146 Å². The maximum Gasteiger partial charge on any atom is 0.416 e. The minimum Gasteiger partial charge on any atom is -0.308 e. The van der Waals surface area contributed by atoms with E-state index < -0.39 is 11.7 Å². The summed E-state index contributed by atoms with van der Waals surface area (Å²) in [4.78, 5) is 15.1. The third-order valence-corrected chi connectivity index (χ3v) is 11.2. The summed E-state index contributed by atoms with van der Waals surface area (Å²) in [6, 6.07) is 61.6. The van der Waals surface area contributed by atoms with Gasteiger partial charge in [-0.3, -0.25) is 0 Å². The first kappa shape index (κ1) is 38.5. The molecule has 0 unspecified atom stereocenters. The van der Waals surface area contributed by atoms with Crippen LogP contribution in [0.3, 0.4) is 0 Å². The lowest BCUT2D eigenvalue weighted by Crippen LogP contribution is -2.05. The number of fused-ring (bicyclic) bond motifs is 3. The Hall–Kier alpha value is -8.66. The van der Waals surface area contributed by atoms with Crippen LogP contribution in [-0.4, -0.2) is 19.5 Å². The zero-order valence-corrected chi connectivity index (χ0v) is 33.2. The molecule has 0 aliphatic heterocycles. The molecule has 8 aromatic carbocycles. The molecule has 6 nitrogen and oxygen atoms in total. The van der Waals surface area contributed by atoms with Crippen LogP contribution in [0.4, 0.5) is 13.2 Å². The average molecular weight is 821 g/mol. The van der Waals surface area contributed by atoms with E-state index in [4.69, 9.17) is 15.0 Å². The van der Waals surface area contributed by atoms with Crippen molar-refractivity contribution in [1.29, 1.82) is 10.5 Å². The van der Waals surface area contributed by atoms with E-state index in [1.54, 1.807) is 24.3 Å².